The van der Waals surface area contributed by atoms with E-state index in [0.717, 1.165) is 11.3 Å². The number of nitrogens with one attached hydrogen (secondary N) is 2. The van der Waals surface area contributed by atoms with Crippen molar-refractivity contribution in [1.29, 1.82) is 0 Å². The molecule has 5 nitrogen and oxygen atoms in total. The van der Waals surface area contributed by atoms with Crippen LogP contribution in [0.5, 0.6) is 5.75 Å². The van der Waals surface area contributed by atoms with Gasteiger partial charge < -0.3 is 10.1 Å². The number of carbonyl (C=O) groups is 1. The van der Waals surface area contributed by atoms with Crippen molar-refractivity contribution >= 4 is 35.2 Å². The van der Waals surface area contributed by atoms with Crippen LogP contribution >= 0.6 is 12.2 Å². The average Bonchev–Trinajstić information content (AvgIpc) is 2.71. The lowest BCUT2D eigenvalue weighted by atomic mass is 10.2. The summed E-state index contributed by atoms with van der Waals surface area (Å²) >= 11 is 5.17. The maximum absolute atomic E-state index is 12.0. The van der Waals surface area contributed by atoms with E-state index in [9.17, 15) is 4.79 Å². The maximum atomic E-state index is 12.0. The van der Waals surface area contributed by atoms with Crippen LogP contribution in [0.1, 0.15) is 15.9 Å². The largest absolute Gasteiger partial charge is 0.423 e. The third kappa shape index (κ3) is 5.76. The molecule has 2 N–H and O–H groups in total. The number of esters is 1. The van der Waals surface area contributed by atoms with Gasteiger partial charge in [-0.15, -0.1) is 0 Å². The van der Waals surface area contributed by atoms with Crippen LogP contribution < -0.4 is 15.5 Å². The molecule has 0 aliphatic rings. The van der Waals surface area contributed by atoms with Gasteiger partial charge in [0.1, 0.15) is 5.75 Å². The molecule has 0 saturated carbocycles. The fourth-order valence-electron chi connectivity index (χ4n) is 2.21. The van der Waals surface area contributed by atoms with E-state index in [1.54, 1.807) is 54.7 Å². The molecule has 0 aromatic heterocycles. The molecule has 3 rings (SSSR count). The Hall–Kier alpha value is -3.51. The number of carbonyl (C=O) groups excluding carboxylic acids is 1. The lowest BCUT2D eigenvalue weighted by Crippen LogP contribution is -2.23. The standard InChI is InChI=1S/C21H17N3O2S/c25-20(17-7-3-1-4-8-17)26-19-13-11-16(12-14-19)15-22-24-21(27)23-18-9-5-2-6-10-18/h1-15H,(H2,23,24,27)/b22-15-. The highest BCUT2D eigenvalue weighted by atomic mass is 32.1. The highest BCUT2D eigenvalue weighted by Gasteiger charge is 2.07. The smallest absolute Gasteiger partial charge is 0.343 e. The first-order chi connectivity index (χ1) is 13.2. The molecule has 0 unspecified atom stereocenters. The first-order valence-corrected chi connectivity index (χ1v) is 8.64. The molecule has 27 heavy (non-hydrogen) atoms. The highest BCUT2D eigenvalue weighted by molar-refractivity contribution is 7.80. The van der Waals surface area contributed by atoms with E-state index >= 15 is 0 Å². The first kappa shape index (κ1) is 18.3. The number of anilines is 1. The van der Waals surface area contributed by atoms with Gasteiger partial charge in [0.15, 0.2) is 5.11 Å². The molecule has 3 aromatic carbocycles. The van der Waals surface area contributed by atoms with E-state index in [2.05, 4.69) is 15.8 Å². The van der Waals surface area contributed by atoms with Crippen molar-refractivity contribution in [2.24, 2.45) is 5.10 Å². The number of para-hydroxylation sites is 1. The number of benzene rings is 3. The van der Waals surface area contributed by atoms with Crippen molar-refractivity contribution in [2.45, 2.75) is 0 Å². The summed E-state index contributed by atoms with van der Waals surface area (Å²) in [5.41, 5.74) is 4.98. The summed E-state index contributed by atoms with van der Waals surface area (Å²) in [6.45, 7) is 0. The number of ether oxygens (including phenoxy) is 1. The summed E-state index contributed by atoms with van der Waals surface area (Å²) in [7, 11) is 0. The number of thiocarbonyl (C=S) groups is 1. The van der Waals surface area contributed by atoms with Gasteiger partial charge in [-0.25, -0.2) is 4.79 Å². The molecule has 0 saturated heterocycles. The molecule has 0 atom stereocenters. The third-order valence-corrected chi connectivity index (χ3v) is 3.70. The Balaban J connectivity index is 1.50. The summed E-state index contributed by atoms with van der Waals surface area (Å²) in [6.07, 6.45) is 1.63. The molecule has 0 aliphatic heterocycles. The third-order valence-electron chi connectivity index (χ3n) is 3.51. The summed E-state index contributed by atoms with van der Waals surface area (Å²) < 4.78 is 5.33. The van der Waals surface area contributed by atoms with Gasteiger partial charge in [-0.3, -0.25) is 5.43 Å². The van der Waals surface area contributed by atoms with E-state index < -0.39 is 5.97 Å². The van der Waals surface area contributed by atoms with Crippen LogP contribution in [0.25, 0.3) is 0 Å². The zero-order valence-electron chi connectivity index (χ0n) is 14.3. The van der Waals surface area contributed by atoms with E-state index in [-0.39, 0.29) is 0 Å². The maximum Gasteiger partial charge on any atom is 0.343 e. The van der Waals surface area contributed by atoms with E-state index in [1.807, 2.05) is 36.4 Å². The minimum absolute atomic E-state index is 0.393. The second-order valence-corrected chi connectivity index (χ2v) is 5.92. The van der Waals surface area contributed by atoms with Crippen LogP contribution in [-0.2, 0) is 0 Å². The number of hydrogen-bond acceptors (Lipinski definition) is 4. The first-order valence-electron chi connectivity index (χ1n) is 8.23. The Morgan fingerprint density at radius 1 is 0.889 bits per heavy atom. The lowest BCUT2D eigenvalue weighted by Gasteiger charge is -2.06. The van der Waals surface area contributed by atoms with Gasteiger partial charge in [-0.2, -0.15) is 5.10 Å². The molecular formula is C21H17N3O2S. The summed E-state index contributed by atoms with van der Waals surface area (Å²) in [6, 6.07) is 25.5. The molecule has 0 fully saturated rings. The van der Waals surface area contributed by atoms with Crippen molar-refractivity contribution in [3.05, 3.63) is 96.1 Å². The second-order valence-electron chi connectivity index (χ2n) is 5.51. The van der Waals surface area contributed by atoms with Crippen LogP contribution in [0, 0.1) is 0 Å². The summed E-state index contributed by atoms with van der Waals surface area (Å²) in [5.74, 6) is 0.0752. The minimum atomic E-state index is -0.393. The average molecular weight is 375 g/mol. The van der Waals surface area contributed by atoms with Crippen molar-refractivity contribution in [3.63, 3.8) is 0 Å². The Labute approximate surface area is 162 Å². The highest BCUT2D eigenvalue weighted by Crippen LogP contribution is 2.13. The quantitative estimate of drug-likeness (QED) is 0.230. The Kier molecular flexibility index (Phi) is 6.27. The molecule has 6 heteroatoms. The number of hydrogen-bond donors (Lipinski definition) is 2. The predicted octanol–water partition coefficient (Wildman–Crippen LogP) is 4.23. The van der Waals surface area contributed by atoms with Gasteiger partial charge in [-0.05, 0) is 66.3 Å². The number of rotatable bonds is 5. The molecule has 0 bridgehead atoms. The Morgan fingerprint density at radius 3 is 2.19 bits per heavy atom. The molecule has 3 aromatic rings. The van der Waals surface area contributed by atoms with E-state index in [0.29, 0.717) is 16.4 Å². The van der Waals surface area contributed by atoms with Crippen LogP contribution in [0.4, 0.5) is 5.69 Å². The zero-order chi connectivity index (χ0) is 18.9. The lowest BCUT2D eigenvalue weighted by molar-refractivity contribution is 0.0735. The molecule has 134 valence electrons. The molecule has 0 spiro atoms. The molecule has 0 heterocycles. The van der Waals surface area contributed by atoms with Crippen molar-refractivity contribution in [2.75, 3.05) is 5.32 Å². The molecular weight excluding hydrogens is 358 g/mol. The Bertz CT molecular complexity index is 927. The van der Waals surface area contributed by atoms with Crippen molar-refractivity contribution < 1.29 is 9.53 Å². The number of hydrazone groups is 1. The Morgan fingerprint density at radius 2 is 1.52 bits per heavy atom. The molecule has 0 aliphatic carbocycles. The monoisotopic (exact) mass is 375 g/mol. The topological polar surface area (TPSA) is 62.7 Å². The van der Waals surface area contributed by atoms with E-state index in [1.165, 1.54) is 0 Å². The van der Waals surface area contributed by atoms with Gasteiger partial charge in [-0.1, -0.05) is 36.4 Å². The van der Waals surface area contributed by atoms with Gasteiger partial charge >= 0.3 is 5.97 Å². The van der Waals surface area contributed by atoms with Crippen molar-refractivity contribution in [3.8, 4) is 5.75 Å². The number of nitrogens with zero attached hydrogens (tertiary/aromatic N) is 1. The molecule has 0 amide bonds. The van der Waals surface area contributed by atoms with Crippen LogP contribution in [0.15, 0.2) is 90.0 Å². The van der Waals surface area contributed by atoms with Gasteiger partial charge in [0.05, 0.1) is 11.8 Å². The van der Waals surface area contributed by atoms with Crippen LogP contribution in [0.3, 0.4) is 0 Å². The van der Waals surface area contributed by atoms with Crippen LogP contribution in [0.2, 0.25) is 0 Å². The fourth-order valence-corrected chi connectivity index (χ4v) is 2.38. The van der Waals surface area contributed by atoms with Gasteiger partial charge in [0, 0.05) is 5.69 Å². The normalized spacial score (nSPS) is 10.4. The van der Waals surface area contributed by atoms with E-state index in [4.69, 9.17) is 17.0 Å². The fraction of sp³-hybridized carbons (Fsp3) is 0. The summed E-state index contributed by atoms with van der Waals surface area (Å²) in [5, 5.41) is 7.51. The van der Waals surface area contributed by atoms with Crippen LogP contribution in [-0.4, -0.2) is 17.3 Å². The predicted molar refractivity (Wildman–Crippen MR) is 111 cm³/mol. The van der Waals surface area contributed by atoms with Gasteiger partial charge in [0.2, 0.25) is 0 Å². The molecule has 0 radical (unpaired) electrons. The van der Waals surface area contributed by atoms with Gasteiger partial charge in [0.25, 0.3) is 0 Å². The summed E-state index contributed by atoms with van der Waals surface area (Å²) in [4.78, 5) is 12.0. The minimum Gasteiger partial charge on any atom is -0.423 e. The SMILES string of the molecule is O=C(Oc1ccc(/C=N\NC(=S)Nc2ccccc2)cc1)c1ccccc1. The van der Waals surface area contributed by atoms with Crippen molar-refractivity contribution in [1.82, 2.24) is 5.43 Å². The zero-order valence-corrected chi connectivity index (χ0v) is 15.1. The second kappa shape index (κ2) is 9.26.